The summed E-state index contributed by atoms with van der Waals surface area (Å²) in [6.45, 7) is 7.01. The van der Waals surface area contributed by atoms with Gasteiger partial charge < -0.3 is 15.1 Å². The normalized spacial score (nSPS) is 17.0. The van der Waals surface area contributed by atoms with E-state index in [1.165, 1.54) is 0 Å². The first kappa shape index (κ1) is 12.0. The summed E-state index contributed by atoms with van der Waals surface area (Å²) in [5.41, 5.74) is 0. The van der Waals surface area contributed by atoms with Crippen molar-refractivity contribution >= 4 is 12.3 Å². The van der Waals surface area contributed by atoms with E-state index < -0.39 is 0 Å². The molecule has 1 rings (SSSR count). The number of hydrogen-bond donors (Lipinski definition) is 1. The zero-order valence-corrected chi connectivity index (χ0v) is 9.40. The molecule has 0 unspecified atom stereocenters. The fourth-order valence-corrected chi connectivity index (χ4v) is 1.48. The molecule has 0 aromatic carbocycles. The average Bonchev–Trinajstić information content (AvgIpc) is 2.26. The summed E-state index contributed by atoms with van der Waals surface area (Å²) in [5, 5.41) is 3.09. The first-order valence-electron chi connectivity index (χ1n) is 5.34. The minimum absolute atomic E-state index is 0.120. The topological polar surface area (TPSA) is 52.7 Å². The van der Waals surface area contributed by atoms with Gasteiger partial charge in [0.25, 0.3) is 0 Å². The number of carbonyl (C=O) groups excluding carboxylic acids is 2. The summed E-state index contributed by atoms with van der Waals surface area (Å²) in [7, 11) is 0. The van der Waals surface area contributed by atoms with Gasteiger partial charge in [0.2, 0.25) is 12.3 Å². The zero-order chi connectivity index (χ0) is 11.3. The quantitative estimate of drug-likeness (QED) is 0.627. The lowest BCUT2D eigenvalue weighted by molar-refractivity contribution is -0.134. The van der Waals surface area contributed by atoms with Gasteiger partial charge in [0, 0.05) is 32.2 Å². The lowest BCUT2D eigenvalue weighted by Crippen LogP contribution is -2.50. The molecule has 0 spiro atoms. The van der Waals surface area contributed by atoms with Crippen LogP contribution in [0.2, 0.25) is 0 Å². The van der Waals surface area contributed by atoms with Crippen molar-refractivity contribution in [2.75, 3.05) is 32.7 Å². The van der Waals surface area contributed by atoms with E-state index in [1.807, 2.05) is 13.8 Å². The molecule has 1 fully saturated rings. The Kier molecular flexibility index (Phi) is 4.55. The maximum atomic E-state index is 11.7. The van der Waals surface area contributed by atoms with Crippen LogP contribution in [-0.2, 0) is 9.59 Å². The van der Waals surface area contributed by atoms with Crippen molar-refractivity contribution in [3.8, 4) is 0 Å². The second kappa shape index (κ2) is 5.70. The van der Waals surface area contributed by atoms with Crippen molar-refractivity contribution in [3.05, 3.63) is 0 Å². The lowest BCUT2D eigenvalue weighted by atomic mass is 10.3. The van der Waals surface area contributed by atoms with Crippen LogP contribution < -0.4 is 5.32 Å². The largest absolute Gasteiger partial charge is 0.342 e. The van der Waals surface area contributed by atoms with Gasteiger partial charge in [0.05, 0.1) is 6.54 Å². The Labute approximate surface area is 90.4 Å². The molecule has 0 atom stereocenters. The molecular weight excluding hydrogens is 194 g/mol. The molecule has 0 saturated carbocycles. The predicted octanol–water partition coefficient (Wildman–Crippen LogP) is -0.715. The standard InChI is InChI=1S/C10H19N3O2/c1-9(2)11-7-10(15)13-5-3-12(8-14)4-6-13/h8-9,11H,3-7H2,1-2H3. The zero-order valence-electron chi connectivity index (χ0n) is 9.40. The highest BCUT2D eigenvalue weighted by Crippen LogP contribution is 1.99. The van der Waals surface area contributed by atoms with Gasteiger partial charge in [-0.15, -0.1) is 0 Å². The van der Waals surface area contributed by atoms with Crippen LogP contribution in [0.3, 0.4) is 0 Å². The van der Waals surface area contributed by atoms with E-state index in [4.69, 9.17) is 0 Å². The highest BCUT2D eigenvalue weighted by atomic mass is 16.2. The Morgan fingerprint density at radius 2 is 1.93 bits per heavy atom. The van der Waals surface area contributed by atoms with Crippen LogP contribution in [0.4, 0.5) is 0 Å². The molecule has 0 bridgehead atoms. The van der Waals surface area contributed by atoms with Crippen molar-refractivity contribution < 1.29 is 9.59 Å². The Bertz CT molecular complexity index is 223. The van der Waals surface area contributed by atoms with Crippen molar-refractivity contribution in [3.63, 3.8) is 0 Å². The van der Waals surface area contributed by atoms with Crippen molar-refractivity contribution in [1.29, 1.82) is 0 Å². The van der Waals surface area contributed by atoms with Crippen molar-refractivity contribution in [2.45, 2.75) is 19.9 Å². The summed E-state index contributed by atoms with van der Waals surface area (Å²) in [6.07, 6.45) is 0.841. The maximum absolute atomic E-state index is 11.7. The Hall–Kier alpha value is -1.10. The number of nitrogens with zero attached hydrogens (tertiary/aromatic N) is 2. The molecule has 0 aromatic heterocycles. The summed E-state index contributed by atoms with van der Waals surface area (Å²) < 4.78 is 0. The molecule has 1 heterocycles. The summed E-state index contributed by atoms with van der Waals surface area (Å²) in [4.78, 5) is 25.6. The second-order valence-corrected chi connectivity index (χ2v) is 4.06. The second-order valence-electron chi connectivity index (χ2n) is 4.06. The Morgan fingerprint density at radius 3 is 2.40 bits per heavy atom. The van der Waals surface area contributed by atoms with Gasteiger partial charge in [0.1, 0.15) is 0 Å². The fraction of sp³-hybridized carbons (Fsp3) is 0.800. The molecule has 0 aromatic rings. The van der Waals surface area contributed by atoms with Gasteiger partial charge in [-0.25, -0.2) is 0 Å². The highest BCUT2D eigenvalue weighted by molar-refractivity contribution is 5.78. The molecule has 5 nitrogen and oxygen atoms in total. The van der Waals surface area contributed by atoms with Crippen molar-refractivity contribution in [1.82, 2.24) is 15.1 Å². The van der Waals surface area contributed by atoms with Crippen LogP contribution in [0, 0.1) is 0 Å². The maximum Gasteiger partial charge on any atom is 0.236 e. The van der Waals surface area contributed by atoms with Gasteiger partial charge in [0.15, 0.2) is 0 Å². The average molecular weight is 213 g/mol. The molecule has 0 aliphatic carbocycles. The van der Waals surface area contributed by atoms with Crippen LogP contribution in [-0.4, -0.2) is 60.9 Å². The molecule has 86 valence electrons. The monoisotopic (exact) mass is 213 g/mol. The molecule has 5 heteroatoms. The van der Waals surface area contributed by atoms with Crippen molar-refractivity contribution in [2.24, 2.45) is 0 Å². The summed E-state index contributed by atoms with van der Waals surface area (Å²) in [5.74, 6) is 0.120. The number of amides is 2. The summed E-state index contributed by atoms with van der Waals surface area (Å²) in [6, 6.07) is 0.324. The van der Waals surface area contributed by atoms with Crippen LogP contribution in [0.1, 0.15) is 13.8 Å². The van der Waals surface area contributed by atoms with E-state index in [2.05, 4.69) is 5.32 Å². The minimum atomic E-state index is 0.120. The molecule has 1 saturated heterocycles. The SMILES string of the molecule is CC(C)NCC(=O)N1CCN(C=O)CC1. The van der Waals surface area contributed by atoms with Gasteiger partial charge >= 0.3 is 0 Å². The third-order valence-corrected chi connectivity index (χ3v) is 2.48. The van der Waals surface area contributed by atoms with E-state index in [0.29, 0.717) is 38.8 Å². The number of rotatable bonds is 4. The third-order valence-electron chi connectivity index (χ3n) is 2.48. The predicted molar refractivity (Wildman–Crippen MR) is 57.4 cm³/mol. The van der Waals surface area contributed by atoms with E-state index >= 15 is 0 Å². The molecule has 2 amide bonds. The van der Waals surface area contributed by atoms with Crippen LogP contribution in [0.5, 0.6) is 0 Å². The van der Waals surface area contributed by atoms with Gasteiger partial charge in [-0.05, 0) is 0 Å². The number of hydrogen-bond acceptors (Lipinski definition) is 3. The lowest BCUT2D eigenvalue weighted by Gasteiger charge is -2.32. The molecular formula is C10H19N3O2. The molecule has 1 N–H and O–H groups in total. The number of carbonyl (C=O) groups is 2. The van der Waals surface area contributed by atoms with E-state index in [9.17, 15) is 9.59 Å². The van der Waals surface area contributed by atoms with Crippen LogP contribution in [0.15, 0.2) is 0 Å². The smallest absolute Gasteiger partial charge is 0.236 e. The minimum Gasteiger partial charge on any atom is -0.342 e. The fourth-order valence-electron chi connectivity index (χ4n) is 1.48. The van der Waals surface area contributed by atoms with E-state index in [0.717, 1.165) is 6.41 Å². The molecule has 0 radical (unpaired) electrons. The molecule has 1 aliphatic heterocycles. The summed E-state index contributed by atoms with van der Waals surface area (Å²) >= 11 is 0. The number of piperazine rings is 1. The Balaban J connectivity index is 2.27. The van der Waals surface area contributed by atoms with E-state index in [1.54, 1.807) is 9.80 Å². The Morgan fingerprint density at radius 1 is 1.33 bits per heavy atom. The van der Waals surface area contributed by atoms with Crippen LogP contribution in [0.25, 0.3) is 0 Å². The van der Waals surface area contributed by atoms with Crippen LogP contribution >= 0.6 is 0 Å². The first-order valence-corrected chi connectivity index (χ1v) is 5.34. The van der Waals surface area contributed by atoms with Gasteiger partial charge in [-0.2, -0.15) is 0 Å². The number of nitrogens with one attached hydrogen (secondary N) is 1. The molecule has 15 heavy (non-hydrogen) atoms. The van der Waals surface area contributed by atoms with E-state index in [-0.39, 0.29) is 5.91 Å². The molecule has 1 aliphatic rings. The van der Waals surface area contributed by atoms with Gasteiger partial charge in [-0.3, -0.25) is 9.59 Å². The first-order chi connectivity index (χ1) is 7.13. The highest BCUT2D eigenvalue weighted by Gasteiger charge is 2.19. The van der Waals surface area contributed by atoms with Gasteiger partial charge in [-0.1, -0.05) is 13.8 Å². The third kappa shape index (κ3) is 3.87.